The Morgan fingerprint density at radius 2 is 2.00 bits per heavy atom. The number of benzene rings is 1. The van der Waals surface area contributed by atoms with E-state index in [0.29, 0.717) is 12.0 Å². The van der Waals surface area contributed by atoms with Gasteiger partial charge in [-0.05, 0) is 94.7 Å². The Balaban J connectivity index is 1.34. The number of phenolic OH excluding ortho intramolecular Hbond substituents is 1. The maximum Gasteiger partial charge on any atom is 0.165 e. The van der Waals surface area contributed by atoms with Crippen LogP contribution in [0.1, 0.15) is 75.8 Å². The van der Waals surface area contributed by atoms with Gasteiger partial charge in [-0.2, -0.15) is 0 Å². The highest BCUT2D eigenvalue weighted by Crippen LogP contribution is 2.78. The number of rotatable bonds is 5. The molecular formula is C29H39NO4. The first kappa shape index (κ1) is 20.8. The molecule has 1 aromatic carbocycles. The third-order valence-corrected chi connectivity index (χ3v) is 12.3. The lowest BCUT2D eigenvalue weighted by Crippen LogP contribution is -2.82. The molecule has 0 amide bonds. The van der Waals surface area contributed by atoms with Crippen LogP contribution in [-0.4, -0.2) is 58.7 Å². The zero-order valence-electron chi connectivity index (χ0n) is 20.7. The number of methoxy groups -OCH3 is 1. The lowest BCUT2D eigenvalue weighted by Gasteiger charge is -2.75. The summed E-state index contributed by atoms with van der Waals surface area (Å²) < 4.78 is 13.5. The predicted molar refractivity (Wildman–Crippen MR) is 128 cm³/mol. The summed E-state index contributed by atoms with van der Waals surface area (Å²) >= 11 is 0. The first-order valence-electron chi connectivity index (χ1n) is 13.9. The van der Waals surface area contributed by atoms with Gasteiger partial charge in [0.2, 0.25) is 0 Å². The molecule has 2 aliphatic heterocycles. The molecule has 0 radical (unpaired) electrons. The Morgan fingerprint density at radius 1 is 1.18 bits per heavy atom. The zero-order valence-corrected chi connectivity index (χ0v) is 20.7. The van der Waals surface area contributed by atoms with Gasteiger partial charge in [0.25, 0.3) is 0 Å². The molecule has 1 saturated heterocycles. The summed E-state index contributed by atoms with van der Waals surface area (Å²) in [5.41, 5.74) is 1.42. The number of hydrogen-bond donors (Lipinski definition) is 2. The minimum absolute atomic E-state index is 0.0635. The SMILES string of the molecule is CO[C@]12CC[C@@]3(C[C@@H]1[C@@](C)(O)C1CC1)C1Cc4ccc(O)c5c4[C@@]3(CCN1CC1CCC1)[C@H]2O5. The van der Waals surface area contributed by atoms with Crippen LogP contribution in [0.25, 0.3) is 0 Å². The summed E-state index contributed by atoms with van der Waals surface area (Å²) in [7, 11) is 1.85. The minimum Gasteiger partial charge on any atom is -0.504 e. The van der Waals surface area contributed by atoms with Crippen molar-refractivity contribution >= 4 is 0 Å². The van der Waals surface area contributed by atoms with Gasteiger partial charge < -0.3 is 19.7 Å². The second-order valence-electron chi connectivity index (χ2n) is 13.3. The smallest absolute Gasteiger partial charge is 0.165 e. The second kappa shape index (κ2) is 6.33. The number of likely N-dealkylation sites (tertiary alicyclic amines) is 1. The van der Waals surface area contributed by atoms with Crippen molar-refractivity contribution in [2.45, 2.75) is 99.9 Å². The van der Waals surface area contributed by atoms with Crippen LogP contribution in [-0.2, 0) is 16.6 Å². The summed E-state index contributed by atoms with van der Waals surface area (Å²) in [5, 5.41) is 23.0. The molecule has 34 heavy (non-hydrogen) atoms. The Hall–Kier alpha value is -1.30. The predicted octanol–water partition coefficient (Wildman–Crippen LogP) is 4.17. The molecule has 5 nitrogen and oxygen atoms in total. The molecule has 5 saturated carbocycles. The number of ether oxygens (including phenoxy) is 2. The second-order valence-corrected chi connectivity index (χ2v) is 13.3. The third-order valence-electron chi connectivity index (χ3n) is 12.3. The van der Waals surface area contributed by atoms with Crippen molar-refractivity contribution in [1.29, 1.82) is 0 Å². The molecule has 4 bridgehead atoms. The average molecular weight is 466 g/mol. The van der Waals surface area contributed by atoms with Crippen LogP contribution in [0.2, 0.25) is 0 Å². The fraction of sp³-hybridized carbons (Fsp3) is 0.793. The topological polar surface area (TPSA) is 62.2 Å². The van der Waals surface area contributed by atoms with Crippen LogP contribution in [0.15, 0.2) is 12.1 Å². The number of aromatic hydroxyl groups is 1. The van der Waals surface area contributed by atoms with Gasteiger partial charge in [0, 0.05) is 42.0 Å². The van der Waals surface area contributed by atoms with E-state index in [1.54, 1.807) is 0 Å². The van der Waals surface area contributed by atoms with Crippen molar-refractivity contribution in [3.8, 4) is 11.5 Å². The summed E-state index contributed by atoms with van der Waals surface area (Å²) in [4.78, 5) is 2.86. The van der Waals surface area contributed by atoms with Crippen LogP contribution in [0.3, 0.4) is 0 Å². The Bertz CT molecular complexity index is 1060. The van der Waals surface area contributed by atoms with E-state index in [2.05, 4.69) is 17.9 Å². The highest BCUT2D eigenvalue weighted by Gasteiger charge is 2.82. The van der Waals surface area contributed by atoms with Gasteiger partial charge in [-0.25, -0.2) is 0 Å². The molecule has 8 aliphatic rings. The van der Waals surface area contributed by atoms with Gasteiger partial charge >= 0.3 is 0 Å². The summed E-state index contributed by atoms with van der Waals surface area (Å²) in [5.74, 6) is 2.30. The highest BCUT2D eigenvalue weighted by atomic mass is 16.6. The molecular weight excluding hydrogens is 426 g/mol. The molecule has 2 spiro atoms. The molecule has 2 N–H and O–H groups in total. The molecule has 184 valence electrons. The number of aliphatic hydroxyl groups is 1. The third kappa shape index (κ3) is 2.13. The van der Waals surface area contributed by atoms with Crippen molar-refractivity contribution in [3.05, 3.63) is 23.3 Å². The minimum atomic E-state index is -0.738. The molecule has 2 heterocycles. The average Bonchev–Trinajstić information content (AvgIpc) is 3.60. The van der Waals surface area contributed by atoms with E-state index in [1.165, 1.54) is 36.9 Å². The van der Waals surface area contributed by atoms with Gasteiger partial charge in [0.05, 0.1) is 5.60 Å². The molecule has 5 heteroatoms. The summed E-state index contributed by atoms with van der Waals surface area (Å²) in [6.45, 7) is 4.43. The quantitative estimate of drug-likeness (QED) is 0.684. The van der Waals surface area contributed by atoms with Gasteiger partial charge in [-0.3, -0.25) is 4.90 Å². The number of phenols is 1. The fourth-order valence-electron chi connectivity index (χ4n) is 10.4. The van der Waals surface area contributed by atoms with Crippen LogP contribution in [0, 0.1) is 23.2 Å². The van der Waals surface area contributed by atoms with Crippen molar-refractivity contribution in [1.82, 2.24) is 4.90 Å². The lowest BCUT2D eigenvalue weighted by atomic mass is 9.33. The van der Waals surface area contributed by atoms with E-state index in [9.17, 15) is 10.2 Å². The largest absolute Gasteiger partial charge is 0.504 e. The standard InChI is InChI=1S/C29H39NO4/c1-26(32,19-7-8-19)21-15-27-10-11-29(21,33-2)25-28(27)12-13-30(16-17-4-3-5-17)22(27)14-18-6-9-20(31)24(34-25)23(18)28/h6,9,17,19,21-22,25,31-32H,3-5,7-8,10-16H2,1-2H3/t21-,22?,25-,26+,27-,28+,29-/m1/s1. The van der Waals surface area contributed by atoms with Crippen LogP contribution < -0.4 is 4.74 Å². The Labute approximate surface area is 202 Å². The number of hydrogen-bond acceptors (Lipinski definition) is 5. The number of fused-ring (bicyclic) bond motifs is 2. The van der Waals surface area contributed by atoms with Crippen molar-refractivity contribution < 1.29 is 19.7 Å². The van der Waals surface area contributed by atoms with E-state index >= 15 is 0 Å². The monoisotopic (exact) mass is 465 g/mol. The fourth-order valence-corrected chi connectivity index (χ4v) is 10.4. The summed E-state index contributed by atoms with van der Waals surface area (Å²) in [6, 6.07) is 4.52. The Kier molecular flexibility index (Phi) is 3.88. The zero-order chi connectivity index (χ0) is 23.1. The molecule has 0 aromatic heterocycles. The van der Waals surface area contributed by atoms with E-state index in [1.807, 2.05) is 13.2 Å². The molecule has 7 atom stereocenters. The van der Waals surface area contributed by atoms with Gasteiger partial charge in [0.15, 0.2) is 11.5 Å². The highest BCUT2D eigenvalue weighted by molar-refractivity contribution is 5.63. The maximum atomic E-state index is 12.0. The van der Waals surface area contributed by atoms with Crippen LogP contribution >= 0.6 is 0 Å². The molecule has 1 unspecified atom stereocenters. The maximum absolute atomic E-state index is 12.0. The molecule has 6 fully saturated rings. The summed E-state index contributed by atoms with van der Waals surface area (Å²) in [6.07, 6.45) is 11.5. The Morgan fingerprint density at radius 3 is 2.71 bits per heavy atom. The van der Waals surface area contributed by atoms with E-state index in [0.717, 1.165) is 63.2 Å². The van der Waals surface area contributed by atoms with Crippen molar-refractivity contribution in [3.63, 3.8) is 0 Å². The van der Waals surface area contributed by atoms with Crippen molar-refractivity contribution in [2.24, 2.45) is 23.2 Å². The normalized spacial score (nSPS) is 45.9. The van der Waals surface area contributed by atoms with E-state index in [4.69, 9.17) is 9.47 Å². The van der Waals surface area contributed by atoms with Crippen molar-refractivity contribution in [2.75, 3.05) is 20.2 Å². The number of nitrogens with zero attached hydrogens (tertiary/aromatic N) is 1. The number of piperidine rings is 1. The van der Waals surface area contributed by atoms with Crippen LogP contribution in [0.4, 0.5) is 0 Å². The molecule has 6 aliphatic carbocycles. The molecule has 9 rings (SSSR count). The molecule has 1 aromatic rings. The van der Waals surface area contributed by atoms with Crippen LogP contribution in [0.5, 0.6) is 11.5 Å². The van der Waals surface area contributed by atoms with Gasteiger partial charge in [-0.15, -0.1) is 0 Å². The van der Waals surface area contributed by atoms with E-state index < -0.39 is 11.2 Å². The lowest BCUT2D eigenvalue weighted by molar-refractivity contribution is -0.305. The van der Waals surface area contributed by atoms with Gasteiger partial charge in [-0.1, -0.05) is 12.5 Å². The first-order chi connectivity index (χ1) is 16.4. The first-order valence-corrected chi connectivity index (χ1v) is 13.9. The van der Waals surface area contributed by atoms with Gasteiger partial charge in [0.1, 0.15) is 11.7 Å². The van der Waals surface area contributed by atoms with E-state index in [-0.39, 0.29) is 28.6 Å².